The van der Waals surface area contributed by atoms with Gasteiger partial charge in [0.15, 0.2) is 19.0 Å². The number of hydrogen-bond acceptors (Lipinski definition) is 6. The van der Waals surface area contributed by atoms with Gasteiger partial charge in [-0.15, -0.1) is 0 Å². The maximum atomic E-state index is 13.2. The Kier molecular flexibility index (Phi) is 6.88. The predicted octanol–water partition coefficient (Wildman–Crippen LogP) is 2.45. The maximum absolute atomic E-state index is 13.2. The van der Waals surface area contributed by atoms with Gasteiger partial charge in [0.05, 0.1) is 5.69 Å². The third kappa shape index (κ3) is 4.92. The smallest absolute Gasteiger partial charge is 0.265 e. The first kappa shape index (κ1) is 23.8. The third-order valence-electron chi connectivity index (χ3n) is 6.41. The maximum Gasteiger partial charge on any atom is 0.265 e. The Labute approximate surface area is 200 Å². The van der Waals surface area contributed by atoms with Crippen LogP contribution in [0.25, 0.3) is 0 Å². The highest BCUT2D eigenvalue weighted by molar-refractivity contribution is 6.05. The Bertz CT molecular complexity index is 1110. The molecule has 0 aromatic heterocycles. The van der Waals surface area contributed by atoms with E-state index in [0.717, 1.165) is 24.2 Å². The van der Waals surface area contributed by atoms with Gasteiger partial charge < -0.3 is 19.3 Å². The van der Waals surface area contributed by atoms with Crippen LogP contribution in [0.15, 0.2) is 36.4 Å². The van der Waals surface area contributed by atoms with Gasteiger partial charge in [0.1, 0.15) is 17.5 Å². The van der Waals surface area contributed by atoms with Crippen molar-refractivity contribution in [2.45, 2.75) is 26.8 Å². The molecule has 2 aromatic rings. The summed E-state index contributed by atoms with van der Waals surface area (Å²) in [7, 11) is 2.02. The van der Waals surface area contributed by atoms with Gasteiger partial charge in [-0.3, -0.25) is 19.3 Å². The molecule has 2 amide bonds. The van der Waals surface area contributed by atoms with E-state index in [1.165, 1.54) is 4.90 Å². The lowest BCUT2D eigenvalue weighted by atomic mass is 10.1. The molecule has 8 nitrogen and oxygen atoms in total. The van der Waals surface area contributed by atoms with Crippen molar-refractivity contribution in [2.24, 2.45) is 0 Å². The van der Waals surface area contributed by atoms with Crippen LogP contribution in [0.5, 0.6) is 11.5 Å². The van der Waals surface area contributed by atoms with Crippen LogP contribution < -0.4 is 14.4 Å². The number of carbonyl (C=O) groups is 3. The van der Waals surface area contributed by atoms with Crippen LogP contribution >= 0.6 is 0 Å². The number of aryl methyl sites for hydroxylation is 2. The summed E-state index contributed by atoms with van der Waals surface area (Å²) in [6, 6.07) is 10.0. The molecule has 0 radical (unpaired) electrons. The standard InChI is InChI=1S/C26H31N3O5/c1-17-5-7-23(18(2)13-17)33-15-22(30)20-6-8-24-21(14-20)29(25(31)16-34-24)19(3)26(32)28-11-9-27(4)10-12-28/h5-8,13-14,19H,9-12,15-16H2,1-4H3. The molecule has 0 saturated carbocycles. The lowest BCUT2D eigenvalue weighted by molar-refractivity contribution is -0.136. The molecule has 0 bridgehead atoms. The van der Waals surface area contributed by atoms with E-state index in [9.17, 15) is 14.4 Å². The number of nitrogens with zero attached hydrogens (tertiary/aromatic N) is 3. The highest BCUT2D eigenvalue weighted by atomic mass is 16.5. The van der Waals surface area contributed by atoms with Gasteiger partial charge in [-0.2, -0.15) is 0 Å². The van der Waals surface area contributed by atoms with Crippen LogP contribution in [0.2, 0.25) is 0 Å². The molecule has 1 fully saturated rings. The van der Waals surface area contributed by atoms with Crippen molar-refractivity contribution in [2.75, 3.05) is 51.3 Å². The quantitative estimate of drug-likeness (QED) is 0.610. The van der Waals surface area contributed by atoms with Gasteiger partial charge in [0.25, 0.3) is 5.91 Å². The van der Waals surface area contributed by atoms with E-state index in [2.05, 4.69) is 4.90 Å². The molecule has 0 spiro atoms. The Morgan fingerprint density at radius 1 is 1.06 bits per heavy atom. The first-order chi connectivity index (χ1) is 16.2. The highest BCUT2D eigenvalue weighted by Gasteiger charge is 2.36. The molecule has 1 saturated heterocycles. The van der Waals surface area contributed by atoms with Gasteiger partial charge in [-0.1, -0.05) is 17.7 Å². The van der Waals surface area contributed by atoms with Crippen molar-refractivity contribution in [1.29, 1.82) is 0 Å². The number of piperazine rings is 1. The van der Waals surface area contributed by atoms with Crippen molar-refractivity contribution >= 4 is 23.3 Å². The lowest BCUT2D eigenvalue weighted by Gasteiger charge is -2.38. The molecular formula is C26H31N3O5. The topological polar surface area (TPSA) is 79.4 Å². The molecule has 2 aliphatic heterocycles. The van der Waals surface area contributed by atoms with E-state index in [-0.39, 0.29) is 30.8 Å². The van der Waals surface area contributed by atoms with E-state index >= 15 is 0 Å². The number of hydrogen-bond donors (Lipinski definition) is 0. The monoisotopic (exact) mass is 465 g/mol. The average molecular weight is 466 g/mol. The molecule has 2 heterocycles. The molecule has 0 N–H and O–H groups in total. The summed E-state index contributed by atoms with van der Waals surface area (Å²) >= 11 is 0. The number of fused-ring (bicyclic) bond motifs is 1. The van der Waals surface area contributed by atoms with Gasteiger partial charge in [-0.05, 0) is 57.6 Å². The van der Waals surface area contributed by atoms with Crippen LogP contribution in [-0.4, -0.2) is 79.9 Å². The molecule has 1 atom stereocenters. The fourth-order valence-electron chi connectivity index (χ4n) is 4.36. The average Bonchev–Trinajstić information content (AvgIpc) is 2.82. The number of likely N-dealkylation sites (N-methyl/N-ethyl adjacent to an activating group) is 1. The van der Waals surface area contributed by atoms with Crippen LogP contribution in [-0.2, 0) is 9.59 Å². The molecule has 34 heavy (non-hydrogen) atoms. The SMILES string of the molecule is Cc1ccc(OCC(=O)c2ccc3c(c2)N(C(C)C(=O)N2CCN(C)CC2)C(=O)CO3)c(C)c1. The zero-order chi connectivity index (χ0) is 24.4. The minimum atomic E-state index is -0.699. The van der Waals surface area contributed by atoms with Crippen molar-refractivity contribution < 1.29 is 23.9 Å². The zero-order valence-electron chi connectivity index (χ0n) is 20.2. The number of Topliss-reactive ketones (excluding diaryl/α,β-unsaturated/α-hetero) is 1. The number of amides is 2. The number of ketones is 1. The zero-order valence-corrected chi connectivity index (χ0v) is 20.2. The number of rotatable bonds is 6. The largest absolute Gasteiger partial charge is 0.485 e. The molecule has 2 aromatic carbocycles. The lowest BCUT2D eigenvalue weighted by Crippen LogP contribution is -2.56. The summed E-state index contributed by atoms with van der Waals surface area (Å²) in [6.45, 7) is 8.23. The van der Waals surface area contributed by atoms with E-state index in [0.29, 0.717) is 35.8 Å². The summed E-state index contributed by atoms with van der Waals surface area (Å²) in [4.78, 5) is 44.3. The molecule has 1 unspecified atom stereocenters. The van der Waals surface area contributed by atoms with Crippen molar-refractivity contribution in [1.82, 2.24) is 9.80 Å². The third-order valence-corrected chi connectivity index (χ3v) is 6.41. The van der Waals surface area contributed by atoms with Crippen LogP contribution in [0.3, 0.4) is 0 Å². The minimum Gasteiger partial charge on any atom is -0.485 e. The summed E-state index contributed by atoms with van der Waals surface area (Å²) in [6.07, 6.45) is 0. The Balaban J connectivity index is 1.52. The van der Waals surface area contributed by atoms with E-state index in [4.69, 9.17) is 9.47 Å². The van der Waals surface area contributed by atoms with Gasteiger partial charge in [0, 0.05) is 31.7 Å². The fourth-order valence-corrected chi connectivity index (χ4v) is 4.36. The van der Waals surface area contributed by atoms with Crippen molar-refractivity contribution in [3.8, 4) is 11.5 Å². The van der Waals surface area contributed by atoms with E-state index < -0.39 is 6.04 Å². The number of ether oxygens (including phenoxy) is 2. The normalized spacial score (nSPS) is 17.1. The van der Waals surface area contributed by atoms with Gasteiger partial charge in [-0.25, -0.2) is 0 Å². The summed E-state index contributed by atoms with van der Waals surface area (Å²) in [5.74, 6) is 0.495. The summed E-state index contributed by atoms with van der Waals surface area (Å²) in [5, 5.41) is 0. The molecular weight excluding hydrogens is 434 g/mol. The molecule has 0 aliphatic carbocycles. The number of benzene rings is 2. The van der Waals surface area contributed by atoms with Gasteiger partial charge in [0.2, 0.25) is 5.91 Å². The highest BCUT2D eigenvalue weighted by Crippen LogP contribution is 2.35. The number of anilines is 1. The predicted molar refractivity (Wildman–Crippen MR) is 129 cm³/mol. The Hall–Kier alpha value is -3.39. The minimum absolute atomic E-state index is 0.107. The summed E-state index contributed by atoms with van der Waals surface area (Å²) < 4.78 is 11.3. The molecule has 2 aliphatic rings. The van der Waals surface area contributed by atoms with Crippen molar-refractivity contribution in [3.63, 3.8) is 0 Å². The van der Waals surface area contributed by atoms with E-state index in [1.54, 1.807) is 30.0 Å². The Morgan fingerprint density at radius 3 is 2.50 bits per heavy atom. The molecule has 4 rings (SSSR count). The summed E-state index contributed by atoms with van der Waals surface area (Å²) in [5.41, 5.74) is 2.91. The number of carbonyl (C=O) groups excluding carboxylic acids is 3. The Morgan fingerprint density at radius 2 is 1.79 bits per heavy atom. The van der Waals surface area contributed by atoms with Gasteiger partial charge >= 0.3 is 0 Å². The second kappa shape index (κ2) is 9.85. The van der Waals surface area contributed by atoms with Crippen LogP contribution in [0, 0.1) is 13.8 Å². The first-order valence-electron chi connectivity index (χ1n) is 11.5. The van der Waals surface area contributed by atoms with Crippen LogP contribution in [0.1, 0.15) is 28.4 Å². The van der Waals surface area contributed by atoms with Crippen LogP contribution in [0.4, 0.5) is 5.69 Å². The van der Waals surface area contributed by atoms with E-state index in [1.807, 2.05) is 39.1 Å². The molecule has 8 heteroatoms. The second-order valence-corrected chi connectivity index (χ2v) is 9.02. The molecule has 180 valence electrons. The second-order valence-electron chi connectivity index (χ2n) is 9.02. The fraction of sp³-hybridized carbons (Fsp3) is 0.423. The van der Waals surface area contributed by atoms with Crippen molar-refractivity contribution in [3.05, 3.63) is 53.1 Å². The first-order valence-corrected chi connectivity index (χ1v) is 11.5.